The summed E-state index contributed by atoms with van der Waals surface area (Å²) in [5.41, 5.74) is 0. The third-order valence-corrected chi connectivity index (χ3v) is 6.51. The van der Waals surface area contributed by atoms with Crippen LogP contribution in [0.3, 0.4) is 0 Å². The second kappa shape index (κ2) is 11.0. The highest BCUT2D eigenvalue weighted by atomic mass is 35.5. The summed E-state index contributed by atoms with van der Waals surface area (Å²) in [4.78, 5) is 24.9. The van der Waals surface area contributed by atoms with Crippen LogP contribution in [0.25, 0.3) is 0 Å². The number of carbonyl (C=O) groups excluding carboxylic acids is 2. The van der Waals surface area contributed by atoms with Crippen LogP contribution < -0.4 is 0 Å². The number of thioether (sulfide) groups is 1. The molecule has 0 heterocycles. The van der Waals surface area contributed by atoms with Crippen LogP contribution >= 0.6 is 23.4 Å². The van der Waals surface area contributed by atoms with Gasteiger partial charge in [0, 0.05) is 10.6 Å². The van der Waals surface area contributed by atoms with Crippen molar-refractivity contribution in [3.63, 3.8) is 0 Å². The summed E-state index contributed by atoms with van der Waals surface area (Å²) in [6.45, 7) is 6.20. The Hall–Kier alpha value is -1.20. The van der Waals surface area contributed by atoms with E-state index in [-0.39, 0.29) is 19.1 Å². The van der Waals surface area contributed by atoms with Crippen molar-refractivity contribution in [2.45, 2.75) is 57.5 Å². The van der Waals surface area contributed by atoms with Crippen LogP contribution in [0.15, 0.2) is 29.2 Å². The van der Waals surface area contributed by atoms with E-state index in [0.29, 0.717) is 28.5 Å². The van der Waals surface area contributed by atoms with Crippen molar-refractivity contribution in [1.82, 2.24) is 0 Å². The van der Waals surface area contributed by atoms with E-state index in [0.717, 1.165) is 17.7 Å². The zero-order valence-electron chi connectivity index (χ0n) is 16.3. The Labute approximate surface area is 171 Å². The van der Waals surface area contributed by atoms with Gasteiger partial charge in [0.05, 0.1) is 11.4 Å². The van der Waals surface area contributed by atoms with Gasteiger partial charge in [-0.3, -0.25) is 4.79 Å². The molecule has 2 rings (SSSR count). The molecule has 0 saturated heterocycles. The highest BCUT2D eigenvalue weighted by molar-refractivity contribution is 7.99. The molecular formula is C21H29ClO4S. The Balaban J connectivity index is 1.69. The molecule has 0 aromatic heterocycles. The molecule has 1 fully saturated rings. The van der Waals surface area contributed by atoms with Crippen LogP contribution in [0.2, 0.25) is 5.02 Å². The number of rotatable bonds is 8. The van der Waals surface area contributed by atoms with Crippen molar-refractivity contribution in [2.24, 2.45) is 17.8 Å². The van der Waals surface area contributed by atoms with Gasteiger partial charge in [0.2, 0.25) is 0 Å². The van der Waals surface area contributed by atoms with Crippen molar-refractivity contribution in [3.8, 4) is 0 Å². The van der Waals surface area contributed by atoms with Crippen molar-refractivity contribution in [3.05, 3.63) is 29.3 Å². The summed E-state index contributed by atoms with van der Waals surface area (Å²) in [5.74, 6) is 1.11. The van der Waals surface area contributed by atoms with Gasteiger partial charge >= 0.3 is 11.9 Å². The first-order valence-electron chi connectivity index (χ1n) is 9.59. The molecule has 6 heteroatoms. The third kappa shape index (κ3) is 7.38. The van der Waals surface area contributed by atoms with Gasteiger partial charge in [-0.1, -0.05) is 50.9 Å². The number of esters is 2. The maximum absolute atomic E-state index is 12.1. The van der Waals surface area contributed by atoms with Gasteiger partial charge in [0.15, 0.2) is 6.61 Å². The molecule has 1 aromatic rings. The Kier molecular flexibility index (Phi) is 8.97. The minimum atomic E-state index is -0.452. The SMILES string of the molecule is CC(C)[C@@H]1CC[C@@H](C)C[C@H]1OC(=O)COC(=O)CCSc1ccccc1Cl. The Bertz CT molecular complexity index is 634. The van der Waals surface area contributed by atoms with Crippen molar-refractivity contribution in [2.75, 3.05) is 12.4 Å². The van der Waals surface area contributed by atoms with E-state index in [1.165, 1.54) is 18.2 Å². The number of hydrogen-bond acceptors (Lipinski definition) is 5. The number of carbonyl (C=O) groups is 2. The van der Waals surface area contributed by atoms with E-state index < -0.39 is 11.9 Å². The van der Waals surface area contributed by atoms with Crippen LogP contribution in [-0.4, -0.2) is 30.4 Å². The summed E-state index contributed by atoms with van der Waals surface area (Å²) < 4.78 is 10.7. The largest absolute Gasteiger partial charge is 0.460 e. The monoisotopic (exact) mass is 412 g/mol. The molecule has 1 saturated carbocycles. The molecule has 0 aliphatic heterocycles. The van der Waals surface area contributed by atoms with Crippen LogP contribution in [-0.2, 0) is 19.1 Å². The zero-order chi connectivity index (χ0) is 19.8. The van der Waals surface area contributed by atoms with Crippen LogP contribution in [0, 0.1) is 17.8 Å². The second-order valence-corrected chi connectivity index (χ2v) is 9.09. The first-order valence-corrected chi connectivity index (χ1v) is 11.0. The highest BCUT2D eigenvalue weighted by Crippen LogP contribution is 2.35. The summed E-state index contributed by atoms with van der Waals surface area (Å²) in [7, 11) is 0. The van der Waals surface area contributed by atoms with E-state index in [9.17, 15) is 9.59 Å². The zero-order valence-corrected chi connectivity index (χ0v) is 17.9. The Morgan fingerprint density at radius 1 is 1.22 bits per heavy atom. The summed E-state index contributed by atoms with van der Waals surface area (Å²) in [5, 5.41) is 0.667. The highest BCUT2D eigenvalue weighted by Gasteiger charge is 2.33. The van der Waals surface area contributed by atoms with Gasteiger partial charge in [-0.2, -0.15) is 0 Å². The van der Waals surface area contributed by atoms with Crippen molar-refractivity contribution < 1.29 is 19.1 Å². The van der Waals surface area contributed by atoms with Crippen molar-refractivity contribution in [1.29, 1.82) is 0 Å². The standard InChI is InChI=1S/C21H29ClO4S/c1-14(2)16-9-8-15(3)12-18(16)26-21(24)13-25-20(23)10-11-27-19-7-5-4-6-17(19)22/h4-7,14-16,18H,8-13H2,1-3H3/t15-,16+,18-/m1/s1. The molecule has 0 amide bonds. The molecule has 3 atom stereocenters. The molecule has 150 valence electrons. The lowest BCUT2D eigenvalue weighted by Crippen LogP contribution is -2.36. The fourth-order valence-electron chi connectivity index (χ4n) is 3.47. The second-order valence-electron chi connectivity index (χ2n) is 7.54. The minimum absolute atomic E-state index is 0.0734. The molecule has 0 spiro atoms. The molecule has 0 radical (unpaired) electrons. The number of halogens is 1. The number of hydrogen-bond donors (Lipinski definition) is 0. The van der Waals surface area contributed by atoms with Gasteiger partial charge < -0.3 is 9.47 Å². The van der Waals surface area contributed by atoms with Gasteiger partial charge in [-0.05, 0) is 42.7 Å². The normalized spacial score (nSPS) is 22.5. The minimum Gasteiger partial charge on any atom is -0.460 e. The smallest absolute Gasteiger partial charge is 0.344 e. The Morgan fingerprint density at radius 3 is 2.67 bits per heavy atom. The van der Waals surface area contributed by atoms with E-state index in [1.54, 1.807) is 0 Å². The first-order chi connectivity index (χ1) is 12.9. The third-order valence-electron chi connectivity index (χ3n) is 5.00. The van der Waals surface area contributed by atoms with Gasteiger partial charge in [0.1, 0.15) is 6.10 Å². The molecule has 1 aliphatic carbocycles. The number of ether oxygens (including phenoxy) is 2. The van der Waals surface area contributed by atoms with Crippen molar-refractivity contribution >= 4 is 35.3 Å². The lowest BCUT2D eigenvalue weighted by Gasteiger charge is -2.36. The lowest BCUT2D eigenvalue weighted by atomic mass is 9.75. The summed E-state index contributed by atoms with van der Waals surface area (Å²) in [6, 6.07) is 7.49. The molecule has 4 nitrogen and oxygen atoms in total. The lowest BCUT2D eigenvalue weighted by molar-refractivity contribution is -0.167. The average Bonchev–Trinajstić information content (AvgIpc) is 2.61. The fourth-order valence-corrected chi connectivity index (χ4v) is 4.64. The predicted octanol–water partition coefficient (Wildman–Crippen LogP) is 5.37. The molecule has 1 aromatic carbocycles. The maximum atomic E-state index is 12.1. The van der Waals surface area contributed by atoms with E-state index in [4.69, 9.17) is 21.1 Å². The predicted molar refractivity (Wildman–Crippen MR) is 109 cm³/mol. The summed E-state index contributed by atoms with van der Waals surface area (Å²) in [6.07, 6.45) is 3.29. The summed E-state index contributed by atoms with van der Waals surface area (Å²) >= 11 is 7.57. The number of benzene rings is 1. The topological polar surface area (TPSA) is 52.6 Å². The quantitative estimate of drug-likeness (QED) is 0.424. The maximum Gasteiger partial charge on any atom is 0.344 e. The van der Waals surface area contributed by atoms with Gasteiger partial charge in [-0.15, -0.1) is 11.8 Å². The molecule has 0 unspecified atom stereocenters. The van der Waals surface area contributed by atoms with Gasteiger partial charge in [-0.25, -0.2) is 4.79 Å². The van der Waals surface area contributed by atoms with Crippen LogP contribution in [0.4, 0.5) is 0 Å². The molecule has 0 N–H and O–H groups in total. The Morgan fingerprint density at radius 2 is 1.96 bits per heavy atom. The van der Waals surface area contributed by atoms with Crippen LogP contribution in [0.1, 0.15) is 46.5 Å². The van der Waals surface area contributed by atoms with E-state index in [1.807, 2.05) is 24.3 Å². The van der Waals surface area contributed by atoms with E-state index >= 15 is 0 Å². The van der Waals surface area contributed by atoms with Gasteiger partial charge in [0.25, 0.3) is 0 Å². The van der Waals surface area contributed by atoms with Crippen LogP contribution in [0.5, 0.6) is 0 Å². The molecule has 1 aliphatic rings. The molecule has 27 heavy (non-hydrogen) atoms. The first kappa shape index (κ1) is 22.1. The van der Waals surface area contributed by atoms with E-state index in [2.05, 4.69) is 20.8 Å². The molecular weight excluding hydrogens is 384 g/mol. The average molecular weight is 413 g/mol. The molecule has 0 bridgehead atoms. The fraction of sp³-hybridized carbons (Fsp3) is 0.619.